The number of rotatable bonds is 4. The van der Waals surface area contributed by atoms with Gasteiger partial charge < -0.3 is 8.37 Å². The van der Waals surface area contributed by atoms with Gasteiger partial charge in [-0.05, 0) is 12.1 Å². The van der Waals surface area contributed by atoms with Gasteiger partial charge in [-0.1, -0.05) is 24.3 Å². The quantitative estimate of drug-likeness (QED) is 0.600. The van der Waals surface area contributed by atoms with E-state index in [1.54, 1.807) is 0 Å². The van der Waals surface area contributed by atoms with Crippen LogP contribution < -0.4 is 8.37 Å². The molecule has 0 heterocycles. The Bertz CT molecular complexity index is 1070. The lowest BCUT2D eigenvalue weighted by atomic mass is 9.83. The molecule has 0 saturated heterocycles. The summed E-state index contributed by atoms with van der Waals surface area (Å²) in [4.78, 5) is 25.4. The van der Waals surface area contributed by atoms with Crippen molar-refractivity contribution in [1.82, 2.24) is 0 Å². The summed E-state index contributed by atoms with van der Waals surface area (Å²) >= 11 is 0. The number of ketones is 2. The lowest BCUT2D eigenvalue weighted by Crippen LogP contribution is -2.24. The summed E-state index contributed by atoms with van der Waals surface area (Å²) < 4.78 is 70.2. The number of hydrogen-bond acceptors (Lipinski definition) is 8. The van der Waals surface area contributed by atoms with E-state index >= 15 is 0 Å². The highest BCUT2D eigenvalue weighted by atomic mass is 32.3. The predicted octanol–water partition coefficient (Wildman–Crippen LogP) is 0.825. The van der Waals surface area contributed by atoms with Gasteiger partial charge in [0, 0.05) is 11.1 Å². The molecule has 12 heteroatoms. The summed E-state index contributed by atoms with van der Waals surface area (Å²) in [5, 5.41) is 0. The van der Waals surface area contributed by atoms with Gasteiger partial charge in [-0.3, -0.25) is 18.7 Å². The first-order valence-electron chi connectivity index (χ1n) is 6.67. The molecule has 0 unspecified atom stereocenters. The van der Waals surface area contributed by atoms with Gasteiger partial charge in [-0.25, -0.2) is 0 Å². The first kappa shape index (κ1) is 18.0. The van der Waals surface area contributed by atoms with Crippen molar-refractivity contribution in [2.75, 3.05) is 0 Å². The van der Waals surface area contributed by atoms with Crippen LogP contribution in [0.2, 0.25) is 0 Å². The van der Waals surface area contributed by atoms with E-state index in [-0.39, 0.29) is 11.1 Å². The molecule has 0 aliphatic heterocycles. The molecule has 1 aliphatic rings. The fraction of sp³-hybridized carbons (Fsp3) is 0. The molecule has 0 spiro atoms. The molecule has 2 aromatic carbocycles. The van der Waals surface area contributed by atoms with E-state index in [1.165, 1.54) is 24.3 Å². The van der Waals surface area contributed by atoms with Crippen LogP contribution in [-0.2, 0) is 20.8 Å². The molecule has 2 aromatic rings. The number of benzene rings is 2. The number of hydrogen-bond donors (Lipinski definition) is 2. The molecular formula is C14H8O10S2. The Morgan fingerprint density at radius 3 is 1.38 bits per heavy atom. The normalized spacial score (nSPS) is 13.8. The summed E-state index contributed by atoms with van der Waals surface area (Å²) in [5.41, 5.74) is -1.44. The Morgan fingerprint density at radius 1 is 0.654 bits per heavy atom. The molecule has 0 fully saturated rings. The van der Waals surface area contributed by atoms with Crippen LogP contribution in [-0.4, -0.2) is 37.5 Å². The zero-order valence-electron chi connectivity index (χ0n) is 12.4. The standard InChI is InChI=1S/C14H8O10S2/c15-13-7-3-1-5-9(23-25(17,18)19)11(7)14(16)12-8(13)4-2-6-10(12)24-26(20,21)22/h1-6H,(H,17,18,19)(H,20,21,22). The Hall–Kier alpha value is -2.80. The second kappa shape index (κ2) is 5.88. The van der Waals surface area contributed by atoms with E-state index in [1.807, 2.05) is 0 Å². The van der Waals surface area contributed by atoms with E-state index < -0.39 is 55.0 Å². The van der Waals surface area contributed by atoms with E-state index in [9.17, 15) is 26.4 Å². The monoisotopic (exact) mass is 400 g/mol. The van der Waals surface area contributed by atoms with Crippen LogP contribution in [0.4, 0.5) is 0 Å². The van der Waals surface area contributed by atoms with E-state index in [2.05, 4.69) is 8.37 Å². The highest BCUT2D eigenvalue weighted by Crippen LogP contribution is 2.37. The van der Waals surface area contributed by atoms with Crippen molar-refractivity contribution in [3.8, 4) is 11.5 Å². The first-order chi connectivity index (χ1) is 12.0. The fourth-order valence-electron chi connectivity index (χ4n) is 2.54. The number of carbonyl (C=O) groups excluding carboxylic acids is 2. The van der Waals surface area contributed by atoms with E-state index in [0.29, 0.717) is 0 Å². The molecule has 0 atom stereocenters. The summed E-state index contributed by atoms with van der Waals surface area (Å²) in [5.74, 6) is -2.99. The molecule has 0 aromatic heterocycles. The zero-order chi connectivity index (χ0) is 19.3. The zero-order valence-corrected chi connectivity index (χ0v) is 14.1. The highest BCUT2D eigenvalue weighted by Gasteiger charge is 2.36. The molecule has 136 valence electrons. The number of carbonyl (C=O) groups is 2. The summed E-state index contributed by atoms with van der Waals surface area (Å²) in [6.45, 7) is 0. The Kier molecular flexibility index (Phi) is 4.07. The van der Waals surface area contributed by atoms with E-state index in [4.69, 9.17) is 9.11 Å². The first-order valence-corrected chi connectivity index (χ1v) is 9.40. The molecule has 26 heavy (non-hydrogen) atoms. The molecule has 0 radical (unpaired) electrons. The van der Waals surface area contributed by atoms with Crippen LogP contribution in [0.1, 0.15) is 31.8 Å². The average Bonchev–Trinajstić information content (AvgIpc) is 2.49. The van der Waals surface area contributed by atoms with Crippen molar-refractivity contribution < 1.29 is 43.9 Å². The summed E-state index contributed by atoms with van der Waals surface area (Å²) in [6, 6.07) is 6.96. The highest BCUT2D eigenvalue weighted by molar-refractivity contribution is 7.81. The Labute approximate surface area is 146 Å². The smallest absolute Gasteiger partial charge is 0.361 e. The van der Waals surface area contributed by atoms with Gasteiger partial charge in [0.05, 0.1) is 11.1 Å². The lowest BCUT2D eigenvalue weighted by Gasteiger charge is -2.20. The van der Waals surface area contributed by atoms with Crippen LogP contribution in [0.15, 0.2) is 36.4 Å². The maximum atomic E-state index is 12.8. The Morgan fingerprint density at radius 2 is 1.04 bits per heavy atom. The van der Waals surface area contributed by atoms with Gasteiger partial charge in [0.25, 0.3) is 0 Å². The topological polar surface area (TPSA) is 161 Å². The van der Waals surface area contributed by atoms with Gasteiger partial charge in [0.15, 0.2) is 17.3 Å². The Balaban J connectivity index is 2.27. The van der Waals surface area contributed by atoms with Crippen molar-refractivity contribution in [2.24, 2.45) is 0 Å². The van der Waals surface area contributed by atoms with Crippen LogP contribution in [0.3, 0.4) is 0 Å². The van der Waals surface area contributed by atoms with Crippen molar-refractivity contribution in [2.45, 2.75) is 0 Å². The fourth-order valence-corrected chi connectivity index (χ4v) is 3.28. The number of fused-ring (bicyclic) bond motifs is 2. The van der Waals surface area contributed by atoms with Crippen molar-refractivity contribution in [1.29, 1.82) is 0 Å². The van der Waals surface area contributed by atoms with Gasteiger partial charge in [-0.15, -0.1) is 0 Å². The second-order valence-corrected chi connectivity index (χ2v) is 7.08. The minimum Gasteiger partial charge on any atom is -0.361 e. The van der Waals surface area contributed by atoms with Crippen LogP contribution in [0.25, 0.3) is 0 Å². The molecule has 0 saturated carbocycles. The third-order valence-electron chi connectivity index (χ3n) is 3.39. The third kappa shape index (κ3) is 3.30. The molecule has 0 bridgehead atoms. The maximum absolute atomic E-state index is 12.8. The van der Waals surface area contributed by atoms with Crippen LogP contribution in [0, 0.1) is 0 Å². The van der Waals surface area contributed by atoms with Crippen molar-refractivity contribution >= 4 is 32.4 Å². The third-order valence-corrected chi connectivity index (χ3v) is 4.17. The van der Waals surface area contributed by atoms with Gasteiger partial charge >= 0.3 is 20.8 Å². The predicted molar refractivity (Wildman–Crippen MR) is 84.1 cm³/mol. The lowest BCUT2D eigenvalue weighted by molar-refractivity contribution is 0.0976. The maximum Gasteiger partial charge on any atom is 0.446 e. The van der Waals surface area contributed by atoms with E-state index in [0.717, 1.165) is 12.1 Å². The van der Waals surface area contributed by atoms with Crippen molar-refractivity contribution in [3.05, 3.63) is 58.7 Å². The van der Waals surface area contributed by atoms with Crippen molar-refractivity contribution in [3.63, 3.8) is 0 Å². The largest absolute Gasteiger partial charge is 0.446 e. The van der Waals surface area contributed by atoms with Gasteiger partial charge in [0.2, 0.25) is 5.78 Å². The van der Waals surface area contributed by atoms with Gasteiger partial charge in [0.1, 0.15) is 0 Å². The second-order valence-electron chi connectivity index (χ2n) is 5.04. The van der Waals surface area contributed by atoms with Crippen LogP contribution >= 0.6 is 0 Å². The molecule has 10 nitrogen and oxygen atoms in total. The van der Waals surface area contributed by atoms with Crippen LogP contribution in [0.5, 0.6) is 11.5 Å². The summed E-state index contributed by atoms with van der Waals surface area (Å²) in [6.07, 6.45) is 0. The average molecular weight is 400 g/mol. The minimum atomic E-state index is -5.00. The molecule has 3 rings (SSSR count). The SMILES string of the molecule is O=C1c2cccc(OS(=O)(=O)O)c2C(=O)c2c(OS(=O)(=O)O)cccc21. The molecule has 2 N–H and O–H groups in total. The minimum absolute atomic E-state index is 0.215. The summed E-state index contributed by atoms with van der Waals surface area (Å²) in [7, 11) is -10.00. The van der Waals surface area contributed by atoms with Gasteiger partial charge in [-0.2, -0.15) is 16.8 Å². The molecule has 0 amide bonds. The molecule has 1 aliphatic carbocycles. The molecular weight excluding hydrogens is 392 g/mol.